The van der Waals surface area contributed by atoms with E-state index in [1.54, 1.807) is 0 Å². The maximum Gasteiger partial charge on any atom is 0.0652 e. The molecule has 0 saturated heterocycles. The van der Waals surface area contributed by atoms with Crippen LogP contribution >= 0.6 is 0 Å². The Balaban J connectivity index is 1.41. The lowest BCUT2D eigenvalue weighted by atomic mass is 9.82. The smallest absolute Gasteiger partial charge is 0.0652 e. The minimum atomic E-state index is -4.14. The zero-order valence-electron chi connectivity index (χ0n) is 69.9. The molecule has 0 aliphatic heterocycles. The number of hydrogen-bond donors (Lipinski definition) is 0. The Morgan fingerprint density at radius 3 is 1.74 bits per heavy atom. The highest BCUT2D eigenvalue weighted by molar-refractivity contribution is 6.14. The summed E-state index contributed by atoms with van der Waals surface area (Å²) < 4.78 is 377. The molecule has 0 unspecified atom stereocenters. The fourth-order valence-electron chi connectivity index (χ4n) is 6.66. The minimum Gasteiger partial charge on any atom is -0.310 e. The average molecular weight is 781 g/mol. The molecule has 0 fully saturated rings. The molecular formula is C57H41N. The predicted molar refractivity (Wildman–Crippen MR) is 248 cm³/mol. The zero-order valence-corrected chi connectivity index (χ0v) is 28.9. The van der Waals surface area contributed by atoms with Crippen LogP contribution in [0.5, 0.6) is 0 Å². The summed E-state index contributed by atoms with van der Waals surface area (Å²) in [6.07, 6.45) is 0. The first-order chi connectivity index (χ1) is 45.6. The van der Waals surface area contributed by atoms with Gasteiger partial charge in [-0.25, -0.2) is 0 Å². The Labute approximate surface area is 397 Å². The van der Waals surface area contributed by atoms with E-state index in [9.17, 15) is 24.7 Å². The van der Waals surface area contributed by atoms with Crippen molar-refractivity contribution in [2.45, 2.75) is 19.1 Å². The zero-order chi connectivity index (χ0) is 74.3. The molecule has 0 spiro atoms. The Morgan fingerprint density at radius 1 is 0.379 bits per heavy atom. The highest BCUT2D eigenvalue weighted by Crippen LogP contribution is 2.51. The fourth-order valence-corrected chi connectivity index (χ4v) is 6.66. The third kappa shape index (κ3) is 5.46. The van der Waals surface area contributed by atoms with E-state index in [-0.39, 0.29) is 4.90 Å². The van der Waals surface area contributed by atoms with Crippen molar-refractivity contribution in [3.8, 4) is 44.5 Å². The normalized spacial score (nSPS) is 23.2. The molecular weight excluding hydrogens is 699 g/mol. The molecule has 0 atom stereocenters. The Hall–Kier alpha value is -7.22. The largest absolute Gasteiger partial charge is 0.310 e. The number of fused-ring (bicyclic) bond motifs is 7. The first kappa shape index (κ1) is 12.1. The molecule has 10 aromatic carbocycles. The number of rotatable bonds is 6. The second-order valence-electron chi connectivity index (χ2n) is 12.5. The van der Waals surface area contributed by atoms with Gasteiger partial charge in [0.2, 0.25) is 0 Å². The van der Waals surface area contributed by atoms with E-state index in [2.05, 4.69) is 0 Å². The summed E-state index contributed by atoms with van der Waals surface area (Å²) in [7, 11) is 0. The van der Waals surface area contributed by atoms with Gasteiger partial charge in [0.05, 0.1) is 53.7 Å². The van der Waals surface area contributed by atoms with Crippen molar-refractivity contribution in [1.82, 2.24) is 0 Å². The van der Waals surface area contributed by atoms with Gasteiger partial charge in [-0.1, -0.05) is 195 Å². The average Bonchev–Trinajstić information content (AvgIpc) is 1.54. The van der Waals surface area contributed by atoms with E-state index < -0.39 is 336 Å². The predicted octanol–water partition coefficient (Wildman–Crippen LogP) is 15.9. The summed E-state index contributed by atoms with van der Waals surface area (Å²) in [5.74, 6) is 0. The van der Waals surface area contributed by atoms with Gasteiger partial charge in [-0.3, -0.25) is 0 Å². The fraction of sp³-hybridized carbons (Fsp3) is 0.0526. The molecule has 0 bridgehead atoms. The lowest BCUT2D eigenvalue weighted by molar-refractivity contribution is 0.660. The van der Waals surface area contributed by atoms with Crippen LogP contribution < -0.4 is 4.90 Å². The van der Waals surface area contributed by atoms with Crippen LogP contribution in [0.2, 0.25) is 0 Å². The number of anilines is 3. The van der Waals surface area contributed by atoms with Crippen LogP contribution in [0.4, 0.5) is 17.1 Å². The molecule has 11 rings (SSSR count). The lowest BCUT2D eigenvalue weighted by Gasteiger charge is -2.29. The minimum absolute atomic E-state index is 0.136. The van der Waals surface area contributed by atoms with Gasteiger partial charge in [0.15, 0.2) is 0 Å². The summed E-state index contributed by atoms with van der Waals surface area (Å²) in [6.45, 7) is -8.28. The molecule has 10 aromatic rings. The molecule has 0 amide bonds. The summed E-state index contributed by atoms with van der Waals surface area (Å²) >= 11 is 0. The third-order valence-corrected chi connectivity index (χ3v) is 9.25. The van der Waals surface area contributed by atoms with Crippen LogP contribution in [0.3, 0.4) is 0 Å². The van der Waals surface area contributed by atoms with Gasteiger partial charge in [-0.05, 0) is 113 Å². The molecule has 1 nitrogen and oxygen atoms in total. The Kier molecular flexibility index (Phi) is 2.82. The van der Waals surface area contributed by atoms with E-state index >= 15 is 0 Å². The van der Waals surface area contributed by atoms with Gasteiger partial charge in [-0.2, -0.15) is 0 Å². The van der Waals surface area contributed by atoms with Crippen LogP contribution in [0, 0.1) is 0 Å². The van der Waals surface area contributed by atoms with Crippen LogP contribution in [0.1, 0.15) is 81.0 Å². The summed E-state index contributed by atoms with van der Waals surface area (Å²) in [6, 6.07) is -43.3. The Morgan fingerprint density at radius 2 is 0.948 bits per heavy atom. The first-order valence-corrected chi connectivity index (χ1v) is 16.9. The first-order valence-electron chi connectivity index (χ1n) is 37.4. The highest BCUT2D eigenvalue weighted by Gasteiger charge is 2.36. The van der Waals surface area contributed by atoms with Crippen molar-refractivity contribution in [3.63, 3.8) is 0 Å². The van der Waals surface area contributed by atoms with Crippen LogP contribution in [0.15, 0.2) is 211 Å². The van der Waals surface area contributed by atoms with E-state index in [4.69, 9.17) is 31.5 Å². The standard InChI is InChI=1S/C57H41N/c1-57(2)53-23-13-12-21-50(53)51-35-33-45(37-54(51)57)58(55-36-43-17-7-8-18-46(43)49-20-10-11-22-52(49)55)44-31-28-41(29-32-44)48-34-30-40-16-6-9-19-47(40)56(48)42-26-24-39(25-27-42)38-14-4-3-5-15-38/h3-37H,1-2H3/i1D3,2D3,3D,4D,5D,6D,7D,8D,9D,10D,11D,12D,13D,14D,15D,16D,17D,18D,19D,20D,21D,22D,23D,24D,25D,26D,27D,28D,29D,30D,31D,32D,33D,34D,35D,36D,37D. The van der Waals surface area contributed by atoms with E-state index in [0.717, 1.165) is 0 Å². The van der Waals surface area contributed by atoms with E-state index in [0.29, 0.717) is 0 Å². The molecule has 0 radical (unpaired) electrons. The molecule has 274 valence electrons. The maximum absolute atomic E-state index is 10.3. The second kappa shape index (κ2) is 13.5. The number of benzene rings is 10. The van der Waals surface area contributed by atoms with Gasteiger partial charge in [0.25, 0.3) is 0 Å². The third-order valence-electron chi connectivity index (χ3n) is 9.25. The van der Waals surface area contributed by atoms with Crippen molar-refractivity contribution in [1.29, 1.82) is 0 Å². The van der Waals surface area contributed by atoms with Gasteiger partial charge in [-0.15, -0.1) is 0 Å². The van der Waals surface area contributed by atoms with Crippen molar-refractivity contribution in [3.05, 3.63) is 223 Å². The monoisotopic (exact) mass is 781 g/mol. The molecule has 0 saturated carbocycles. The maximum atomic E-state index is 10.3. The molecule has 0 heterocycles. The van der Waals surface area contributed by atoms with Crippen LogP contribution in [-0.2, 0) is 5.41 Å². The lowest BCUT2D eigenvalue weighted by Crippen LogP contribution is -2.16. The van der Waals surface area contributed by atoms with Gasteiger partial charge >= 0.3 is 0 Å². The van der Waals surface area contributed by atoms with Crippen molar-refractivity contribution in [2.75, 3.05) is 4.90 Å². The molecule has 1 aliphatic rings. The van der Waals surface area contributed by atoms with Crippen molar-refractivity contribution in [2.24, 2.45) is 0 Å². The van der Waals surface area contributed by atoms with Gasteiger partial charge in [0.1, 0.15) is 0 Å². The summed E-state index contributed by atoms with van der Waals surface area (Å²) in [5.41, 5.74) is -19.5. The van der Waals surface area contributed by atoms with Gasteiger partial charge in [0, 0.05) is 30.4 Å². The molecule has 0 N–H and O–H groups in total. The summed E-state index contributed by atoms with van der Waals surface area (Å²) in [5, 5.41) is -5.69. The molecule has 1 heteroatoms. The molecule has 0 aromatic heterocycles. The van der Waals surface area contributed by atoms with E-state index in [1.807, 2.05) is 0 Å². The second-order valence-corrected chi connectivity index (χ2v) is 12.5. The van der Waals surface area contributed by atoms with Crippen molar-refractivity contribution >= 4 is 49.4 Å². The SMILES string of the molecule is [2H]c1c([2H])c([2H])c(-c2c([2H])c([2H])c(-c3c(-c4c([2H])c([2H])c(N(c5c([2H])c([2H])c6c(c5[2H])C(C([2H])([2H])[2H])(C([2H])([2H])[2H])c5c([2H])c([2H])c([2H])c([2H])c5-6)c5c([2H])c6c([2H])c([2H])c([2H])c([2H])c6c6c([2H])c([2H])c([2H])c([2H])c56)c([2H])c4[2H])c([2H])c([2H])c4c([2H])c([2H])c([2H])c([2H])c34)c([2H])c2[2H])c([2H])c1[2H]. The van der Waals surface area contributed by atoms with E-state index in [1.165, 1.54) is 0 Å². The quantitative estimate of drug-likeness (QED) is 0.152. The molecule has 1 aliphatic carbocycles. The topological polar surface area (TPSA) is 3.24 Å². The molecule has 58 heavy (non-hydrogen) atoms. The van der Waals surface area contributed by atoms with Gasteiger partial charge < -0.3 is 4.90 Å². The Bertz CT molecular complexity index is 5370. The van der Waals surface area contributed by atoms with Crippen LogP contribution in [-0.4, -0.2) is 0 Å². The highest BCUT2D eigenvalue weighted by atomic mass is 15.1. The summed E-state index contributed by atoms with van der Waals surface area (Å²) in [4.78, 5) is 0.136. The van der Waals surface area contributed by atoms with Crippen LogP contribution in [0.25, 0.3) is 76.8 Å². The number of hydrogen-bond acceptors (Lipinski definition) is 1. The van der Waals surface area contributed by atoms with Crippen molar-refractivity contribution < 1.29 is 56.2 Å². The number of nitrogens with zero attached hydrogens (tertiary/aromatic N) is 1.